The van der Waals surface area contributed by atoms with Crippen molar-refractivity contribution in [1.29, 1.82) is 0 Å². The summed E-state index contributed by atoms with van der Waals surface area (Å²) in [6, 6.07) is 6.78. The number of amides is 3. The molecule has 0 aliphatic carbocycles. The molecule has 24 heavy (non-hydrogen) atoms. The number of aromatic nitrogens is 1. The predicted octanol–water partition coefficient (Wildman–Crippen LogP) is 2.47. The molecule has 3 rings (SSSR count). The number of carbonyl (C=O) groups excluding carboxylic acids is 2. The number of nitrogens with one attached hydrogen (secondary N) is 2. The first kappa shape index (κ1) is 16.3. The van der Waals surface area contributed by atoms with E-state index in [4.69, 9.17) is 4.74 Å². The number of hydrogen-bond donors (Lipinski definition) is 2. The molecule has 2 N–H and O–H groups in total. The van der Waals surface area contributed by atoms with Crippen molar-refractivity contribution in [3.8, 4) is 5.75 Å². The van der Waals surface area contributed by atoms with Gasteiger partial charge in [-0.05, 0) is 31.2 Å². The van der Waals surface area contributed by atoms with Crippen LogP contribution < -0.4 is 20.3 Å². The lowest BCUT2D eigenvalue weighted by Crippen LogP contribution is -2.39. The van der Waals surface area contributed by atoms with E-state index >= 15 is 0 Å². The molecule has 1 aliphatic rings. The second-order valence-electron chi connectivity index (χ2n) is 5.27. The van der Waals surface area contributed by atoms with Gasteiger partial charge in [0.15, 0.2) is 5.13 Å². The summed E-state index contributed by atoms with van der Waals surface area (Å²) in [5, 5.41) is 7.77. The Kier molecular flexibility index (Phi) is 4.95. The Morgan fingerprint density at radius 1 is 1.42 bits per heavy atom. The highest BCUT2D eigenvalue weighted by Gasteiger charge is 2.31. The van der Waals surface area contributed by atoms with Gasteiger partial charge in [0, 0.05) is 30.2 Å². The minimum Gasteiger partial charge on any atom is -0.494 e. The van der Waals surface area contributed by atoms with Gasteiger partial charge in [-0.3, -0.25) is 10.1 Å². The molecule has 7 nitrogen and oxygen atoms in total. The van der Waals surface area contributed by atoms with Gasteiger partial charge in [-0.25, -0.2) is 9.78 Å². The zero-order chi connectivity index (χ0) is 16.9. The fourth-order valence-corrected chi connectivity index (χ4v) is 3.07. The van der Waals surface area contributed by atoms with Crippen molar-refractivity contribution in [1.82, 2.24) is 10.3 Å². The summed E-state index contributed by atoms with van der Waals surface area (Å²) in [4.78, 5) is 29.8. The molecule has 1 saturated heterocycles. The summed E-state index contributed by atoms with van der Waals surface area (Å²) >= 11 is 1.34. The van der Waals surface area contributed by atoms with Crippen LogP contribution in [0.25, 0.3) is 0 Å². The first-order valence-corrected chi connectivity index (χ1v) is 8.54. The molecular formula is C16H18N4O3S. The van der Waals surface area contributed by atoms with Crippen molar-refractivity contribution in [3.05, 3.63) is 35.8 Å². The Hall–Kier alpha value is -2.61. The molecule has 1 aromatic heterocycles. The molecule has 0 spiro atoms. The van der Waals surface area contributed by atoms with Crippen LogP contribution in [0.2, 0.25) is 0 Å². The number of ether oxygens (including phenoxy) is 1. The number of urea groups is 1. The largest absolute Gasteiger partial charge is 0.494 e. The highest BCUT2D eigenvalue weighted by Crippen LogP contribution is 2.24. The maximum atomic E-state index is 12.2. The van der Waals surface area contributed by atoms with Crippen molar-refractivity contribution in [2.45, 2.75) is 19.4 Å². The Labute approximate surface area is 143 Å². The van der Waals surface area contributed by atoms with E-state index in [1.165, 1.54) is 11.3 Å². The topological polar surface area (TPSA) is 83.6 Å². The van der Waals surface area contributed by atoms with Crippen LogP contribution >= 0.6 is 11.3 Å². The average molecular weight is 346 g/mol. The fourth-order valence-electron chi connectivity index (χ4n) is 2.55. The molecule has 1 fully saturated rings. The Bertz CT molecular complexity index is 703. The molecule has 1 aliphatic heterocycles. The molecule has 2 aromatic rings. The molecule has 0 bridgehead atoms. The zero-order valence-corrected chi connectivity index (χ0v) is 14.0. The van der Waals surface area contributed by atoms with Crippen molar-refractivity contribution < 1.29 is 14.3 Å². The molecule has 0 unspecified atom stereocenters. The van der Waals surface area contributed by atoms with Gasteiger partial charge in [0.1, 0.15) is 5.75 Å². The number of thiazole rings is 1. The molecule has 0 saturated carbocycles. The summed E-state index contributed by atoms with van der Waals surface area (Å²) in [6.45, 7) is 2.96. The summed E-state index contributed by atoms with van der Waals surface area (Å²) in [6.07, 6.45) is 1.89. The minimum absolute atomic E-state index is 0.0151. The Balaban J connectivity index is 1.57. The van der Waals surface area contributed by atoms with E-state index in [1.807, 2.05) is 31.2 Å². The second kappa shape index (κ2) is 7.31. The standard InChI is InChI=1S/C16H18N4O3S/c1-2-23-13-5-3-12(4-6-13)20-10-11(9-14(20)21)18-15(22)19-16-17-7-8-24-16/h3-8,11H,2,9-10H2,1H3,(H2,17,18,19,22)/t11-/m0/s1. The normalized spacial score (nSPS) is 17.0. The van der Waals surface area contributed by atoms with Crippen LogP contribution in [0.5, 0.6) is 5.75 Å². The van der Waals surface area contributed by atoms with E-state index in [1.54, 1.807) is 16.5 Å². The lowest BCUT2D eigenvalue weighted by molar-refractivity contribution is -0.117. The first-order chi connectivity index (χ1) is 11.7. The third kappa shape index (κ3) is 3.83. The van der Waals surface area contributed by atoms with Crippen LogP contribution in [0.1, 0.15) is 13.3 Å². The van der Waals surface area contributed by atoms with E-state index in [9.17, 15) is 9.59 Å². The summed E-state index contributed by atoms with van der Waals surface area (Å²) < 4.78 is 5.40. The number of benzene rings is 1. The van der Waals surface area contributed by atoms with E-state index in [2.05, 4.69) is 15.6 Å². The van der Waals surface area contributed by atoms with Crippen molar-refractivity contribution in [2.75, 3.05) is 23.4 Å². The molecule has 2 heterocycles. The number of anilines is 2. The molecule has 0 radical (unpaired) electrons. The number of hydrogen-bond acceptors (Lipinski definition) is 5. The third-order valence-corrected chi connectivity index (χ3v) is 4.26. The van der Waals surface area contributed by atoms with E-state index < -0.39 is 0 Å². The molecule has 1 aromatic carbocycles. The maximum Gasteiger partial charge on any atom is 0.321 e. The van der Waals surface area contributed by atoms with Crippen LogP contribution in [-0.2, 0) is 4.79 Å². The molecular weight excluding hydrogens is 328 g/mol. The second-order valence-corrected chi connectivity index (χ2v) is 6.16. The lowest BCUT2D eigenvalue weighted by Gasteiger charge is -2.17. The fraction of sp³-hybridized carbons (Fsp3) is 0.312. The van der Waals surface area contributed by atoms with Crippen molar-refractivity contribution in [2.24, 2.45) is 0 Å². The van der Waals surface area contributed by atoms with Crippen LogP contribution in [0, 0.1) is 0 Å². The van der Waals surface area contributed by atoms with Gasteiger partial charge in [0.05, 0.1) is 12.6 Å². The average Bonchev–Trinajstić information content (AvgIpc) is 3.18. The highest BCUT2D eigenvalue weighted by molar-refractivity contribution is 7.13. The first-order valence-electron chi connectivity index (χ1n) is 7.66. The zero-order valence-electron chi connectivity index (χ0n) is 13.2. The third-order valence-electron chi connectivity index (χ3n) is 3.57. The van der Waals surface area contributed by atoms with Gasteiger partial charge in [0.2, 0.25) is 5.91 Å². The molecule has 8 heteroatoms. The van der Waals surface area contributed by atoms with Crippen molar-refractivity contribution >= 4 is 34.1 Å². The van der Waals surface area contributed by atoms with E-state index in [0.717, 1.165) is 11.4 Å². The number of rotatable bonds is 5. The van der Waals surface area contributed by atoms with E-state index in [-0.39, 0.29) is 24.4 Å². The van der Waals surface area contributed by atoms with Crippen LogP contribution in [0.4, 0.5) is 15.6 Å². The molecule has 1 atom stereocenters. The monoisotopic (exact) mass is 346 g/mol. The smallest absolute Gasteiger partial charge is 0.321 e. The Morgan fingerprint density at radius 2 is 2.21 bits per heavy atom. The lowest BCUT2D eigenvalue weighted by atomic mass is 10.2. The Morgan fingerprint density at radius 3 is 2.88 bits per heavy atom. The maximum absolute atomic E-state index is 12.2. The quantitative estimate of drug-likeness (QED) is 0.871. The molecule has 3 amide bonds. The highest BCUT2D eigenvalue weighted by atomic mass is 32.1. The van der Waals surface area contributed by atoms with E-state index in [0.29, 0.717) is 18.3 Å². The van der Waals surface area contributed by atoms with Crippen molar-refractivity contribution in [3.63, 3.8) is 0 Å². The van der Waals surface area contributed by atoms with Crippen LogP contribution in [-0.4, -0.2) is 36.1 Å². The van der Waals surface area contributed by atoms with Gasteiger partial charge in [0.25, 0.3) is 0 Å². The summed E-state index contributed by atoms with van der Waals surface area (Å²) in [5.41, 5.74) is 0.799. The number of nitrogens with zero attached hydrogens (tertiary/aromatic N) is 2. The van der Waals surface area contributed by atoms with Gasteiger partial charge in [-0.15, -0.1) is 11.3 Å². The summed E-state index contributed by atoms with van der Waals surface area (Å²) in [7, 11) is 0. The molecule has 126 valence electrons. The summed E-state index contributed by atoms with van der Waals surface area (Å²) in [5.74, 6) is 0.754. The number of carbonyl (C=O) groups is 2. The van der Waals surface area contributed by atoms with Gasteiger partial charge in [-0.2, -0.15) is 0 Å². The van der Waals surface area contributed by atoms with Crippen LogP contribution in [0.3, 0.4) is 0 Å². The van der Waals surface area contributed by atoms with Gasteiger partial charge in [-0.1, -0.05) is 0 Å². The van der Waals surface area contributed by atoms with Gasteiger partial charge >= 0.3 is 6.03 Å². The minimum atomic E-state index is -0.351. The SMILES string of the molecule is CCOc1ccc(N2C[C@@H](NC(=O)Nc3nccs3)CC2=O)cc1. The van der Waals surface area contributed by atoms with Crippen LogP contribution in [0.15, 0.2) is 35.8 Å². The van der Waals surface area contributed by atoms with Gasteiger partial charge < -0.3 is 15.0 Å². The predicted molar refractivity (Wildman–Crippen MR) is 92.6 cm³/mol.